The molecule has 2 aromatic rings. The number of fused-ring (bicyclic) bond motifs is 1. The Kier molecular flexibility index (Phi) is 6.32. The number of hydroxylamine groups is 2. The van der Waals surface area contributed by atoms with Gasteiger partial charge in [-0.3, -0.25) is 9.63 Å². The van der Waals surface area contributed by atoms with Crippen LogP contribution < -0.4 is 56.5 Å². The molecule has 4 aliphatic rings. The minimum absolute atomic E-state index is 0. The van der Waals surface area contributed by atoms with Crippen molar-refractivity contribution >= 4 is 17.3 Å². The van der Waals surface area contributed by atoms with Crippen LogP contribution in [0.1, 0.15) is 55.6 Å². The Morgan fingerprint density at radius 1 is 1.06 bits per heavy atom. The average molecular weight is 487 g/mol. The summed E-state index contributed by atoms with van der Waals surface area (Å²) >= 11 is 0. The molecule has 0 aromatic heterocycles. The normalized spacial score (nSPS) is 30.4. The van der Waals surface area contributed by atoms with Crippen LogP contribution in [0.25, 0.3) is 5.57 Å². The van der Waals surface area contributed by atoms with Gasteiger partial charge in [0.25, 0.3) is 0 Å². The van der Waals surface area contributed by atoms with Crippen LogP contribution in [0.15, 0.2) is 60.8 Å². The van der Waals surface area contributed by atoms with Gasteiger partial charge in [-0.2, -0.15) is 5.06 Å². The van der Waals surface area contributed by atoms with Gasteiger partial charge in [0.2, 0.25) is 11.5 Å². The van der Waals surface area contributed by atoms with E-state index in [0.717, 1.165) is 0 Å². The molecule has 3 saturated heterocycles. The molecule has 172 valence electrons. The maximum atomic E-state index is 13.8. The van der Waals surface area contributed by atoms with Crippen LogP contribution in [-0.4, -0.2) is 50.0 Å². The van der Waals surface area contributed by atoms with Gasteiger partial charge in [0, 0.05) is 34.9 Å². The number of rotatable bonds is 5. The van der Waals surface area contributed by atoms with E-state index in [2.05, 4.69) is 27.7 Å². The second-order valence-corrected chi connectivity index (χ2v) is 10.3. The first-order chi connectivity index (χ1) is 15.4. The van der Waals surface area contributed by atoms with Crippen molar-refractivity contribution in [2.75, 3.05) is 6.54 Å². The minimum atomic E-state index is -2.21. The Morgan fingerprint density at radius 3 is 2.24 bits per heavy atom. The molecule has 0 spiro atoms. The molecule has 4 heterocycles. The van der Waals surface area contributed by atoms with E-state index in [9.17, 15) is 19.8 Å². The maximum Gasteiger partial charge on any atom is 1.00 e. The number of nitrogens with zero attached hydrogens (tertiary/aromatic N) is 2. The molecule has 0 aliphatic carbocycles. The molecular formula is C26H27KN2O5. The molecular weight excluding hydrogens is 459 g/mol. The Hall–Kier alpha value is -1.36. The van der Waals surface area contributed by atoms with Crippen molar-refractivity contribution in [3.63, 3.8) is 0 Å². The summed E-state index contributed by atoms with van der Waals surface area (Å²) in [7, 11) is 0. The first-order valence-electron chi connectivity index (χ1n) is 11.1. The van der Waals surface area contributed by atoms with Gasteiger partial charge in [0.15, 0.2) is 0 Å². The SMILES string of the molecule is CC1(C)CC2(CN3C=C(c4ccccc4)C(=O)C3(O)c3ccccc3C(=O)[O-])ON1C2(C)C.[K+]. The van der Waals surface area contributed by atoms with Crippen molar-refractivity contribution in [3.05, 3.63) is 77.5 Å². The Labute approximate surface area is 241 Å². The predicted octanol–water partition coefficient (Wildman–Crippen LogP) is -0.928. The Morgan fingerprint density at radius 2 is 1.68 bits per heavy atom. The monoisotopic (exact) mass is 486 g/mol. The van der Waals surface area contributed by atoms with Crippen molar-refractivity contribution in [3.8, 4) is 0 Å². The van der Waals surface area contributed by atoms with Crippen LogP contribution in [0.2, 0.25) is 0 Å². The standard InChI is InChI=1S/C26H28N2O5.K/c1-23(2)15-25(24(3,4)28(23)33-25)16-27-14-19(17-10-6-5-7-11-17)21(29)26(27,32)20-13-9-8-12-18(20)22(30)31;/h5-14,32H,15-16H2,1-4H3,(H,30,31);/q;+1/p-1. The fourth-order valence-corrected chi connectivity index (χ4v) is 5.85. The second-order valence-electron chi connectivity index (χ2n) is 10.3. The zero-order valence-corrected chi connectivity index (χ0v) is 23.3. The minimum Gasteiger partial charge on any atom is -0.545 e. The number of carbonyl (C=O) groups excluding carboxylic acids is 2. The number of aromatic carboxylic acids is 1. The summed E-state index contributed by atoms with van der Waals surface area (Å²) in [6, 6.07) is 15.0. The van der Waals surface area contributed by atoms with Crippen molar-refractivity contribution < 1.29 is 76.0 Å². The predicted molar refractivity (Wildman–Crippen MR) is 119 cm³/mol. The third kappa shape index (κ3) is 3.43. The molecule has 34 heavy (non-hydrogen) atoms. The van der Waals surface area contributed by atoms with E-state index in [0.29, 0.717) is 17.6 Å². The number of carbonyl (C=O) groups is 2. The number of hydrogen-bond acceptors (Lipinski definition) is 7. The van der Waals surface area contributed by atoms with E-state index in [-0.39, 0.29) is 80.1 Å². The summed E-state index contributed by atoms with van der Waals surface area (Å²) in [4.78, 5) is 33.4. The van der Waals surface area contributed by atoms with Gasteiger partial charge < -0.3 is 19.9 Å². The number of Topliss-reactive ketones (excluding diaryl/α,β-unsaturated/α-hetero) is 1. The topological polar surface area (TPSA) is 93.1 Å². The maximum absolute atomic E-state index is 13.8. The molecule has 0 saturated carbocycles. The summed E-state index contributed by atoms with van der Waals surface area (Å²) in [5, 5.41) is 25.9. The van der Waals surface area contributed by atoms with Crippen LogP contribution in [0.4, 0.5) is 0 Å². The van der Waals surface area contributed by atoms with Gasteiger partial charge in [-0.05, 0) is 33.3 Å². The molecule has 2 aromatic carbocycles. The molecule has 0 radical (unpaired) electrons. The van der Waals surface area contributed by atoms with Crippen molar-refractivity contribution in [1.82, 2.24) is 9.96 Å². The van der Waals surface area contributed by atoms with Crippen molar-refractivity contribution in [2.24, 2.45) is 0 Å². The molecule has 0 amide bonds. The van der Waals surface area contributed by atoms with Gasteiger partial charge in [-0.1, -0.05) is 54.6 Å². The molecule has 3 atom stereocenters. The molecule has 2 bridgehead atoms. The van der Waals surface area contributed by atoms with E-state index in [4.69, 9.17) is 4.84 Å². The first-order valence-corrected chi connectivity index (χ1v) is 11.1. The van der Waals surface area contributed by atoms with Crippen LogP contribution in [0.5, 0.6) is 0 Å². The number of ketones is 1. The van der Waals surface area contributed by atoms with Gasteiger partial charge in [-0.15, -0.1) is 0 Å². The molecule has 7 nitrogen and oxygen atoms in total. The van der Waals surface area contributed by atoms with Gasteiger partial charge in [0.1, 0.15) is 5.60 Å². The van der Waals surface area contributed by atoms with Crippen LogP contribution in [0, 0.1) is 0 Å². The summed E-state index contributed by atoms with van der Waals surface area (Å²) in [5.41, 5.74) is -2.67. The average Bonchev–Trinajstić information content (AvgIpc) is 3.27. The van der Waals surface area contributed by atoms with E-state index >= 15 is 0 Å². The number of carboxylic acid groups (broad SMARTS) is 1. The van der Waals surface area contributed by atoms with Crippen molar-refractivity contribution in [1.29, 1.82) is 0 Å². The molecule has 8 heteroatoms. The van der Waals surface area contributed by atoms with Crippen LogP contribution in [0.3, 0.4) is 0 Å². The molecule has 3 unspecified atom stereocenters. The van der Waals surface area contributed by atoms with E-state index in [1.54, 1.807) is 35.4 Å². The van der Waals surface area contributed by atoms with Crippen molar-refractivity contribution in [2.45, 2.75) is 56.5 Å². The van der Waals surface area contributed by atoms with E-state index < -0.39 is 23.1 Å². The fourth-order valence-electron chi connectivity index (χ4n) is 5.85. The number of benzene rings is 2. The third-order valence-electron chi connectivity index (χ3n) is 7.45. The molecule has 3 fully saturated rings. The quantitative estimate of drug-likeness (QED) is 0.546. The smallest absolute Gasteiger partial charge is 0.545 e. The van der Waals surface area contributed by atoms with E-state index in [1.165, 1.54) is 12.1 Å². The zero-order chi connectivity index (χ0) is 23.8. The number of carboxylic acids is 1. The summed E-state index contributed by atoms with van der Waals surface area (Å²) in [5.74, 6) is -2.03. The largest absolute Gasteiger partial charge is 1.00 e. The number of aliphatic hydroxyl groups is 1. The number of hydrogen-bond donors (Lipinski definition) is 1. The third-order valence-corrected chi connectivity index (χ3v) is 7.45. The Balaban J connectivity index is 0.00000274. The Bertz CT molecular complexity index is 1190. The summed E-state index contributed by atoms with van der Waals surface area (Å²) in [6.07, 6.45) is 2.33. The first kappa shape index (κ1) is 25.7. The van der Waals surface area contributed by atoms with Gasteiger partial charge in [0.05, 0.1) is 18.1 Å². The second kappa shape index (κ2) is 8.35. The molecule has 4 aliphatic heterocycles. The van der Waals surface area contributed by atoms with Crippen LogP contribution >= 0.6 is 0 Å². The summed E-state index contributed by atoms with van der Waals surface area (Å²) in [6.45, 7) is 8.57. The molecule has 6 rings (SSSR count). The molecule has 1 N–H and O–H groups in total. The zero-order valence-electron chi connectivity index (χ0n) is 20.2. The van der Waals surface area contributed by atoms with E-state index in [1.807, 2.05) is 23.3 Å². The fraction of sp³-hybridized carbons (Fsp3) is 0.385. The van der Waals surface area contributed by atoms with Crippen LogP contribution in [-0.2, 0) is 15.4 Å². The van der Waals surface area contributed by atoms with Gasteiger partial charge >= 0.3 is 51.4 Å². The summed E-state index contributed by atoms with van der Waals surface area (Å²) < 4.78 is 0. The van der Waals surface area contributed by atoms with Gasteiger partial charge in [-0.25, -0.2) is 0 Å².